The van der Waals surface area contributed by atoms with Crippen molar-refractivity contribution in [1.82, 2.24) is 9.97 Å². The van der Waals surface area contributed by atoms with Gasteiger partial charge in [0.1, 0.15) is 11.3 Å². The van der Waals surface area contributed by atoms with Gasteiger partial charge in [-0.3, -0.25) is 9.78 Å². The molecule has 0 aliphatic rings. The fourth-order valence-corrected chi connectivity index (χ4v) is 3.82. The molecule has 0 radical (unpaired) electrons. The molecule has 0 aliphatic carbocycles. The van der Waals surface area contributed by atoms with Gasteiger partial charge in [-0.2, -0.15) is 0 Å². The van der Waals surface area contributed by atoms with Crippen molar-refractivity contribution in [3.63, 3.8) is 0 Å². The molecule has 0 atom stereocenters. The molecular formula is C23H15N3O2S. The van der Waals surface area contributed by atoms with E-state index in [0.29, 0.717) is 16.7 Å². The minimum Gasteiger partial charge on any atom is -0.456 e. The molecule has 2 aromatic carbocycles. The number of aromatic nitrogens is 2. The molecule has 5 rings (SSSR count). The summed E-state index contributed by atoms with van der Waals surface area (Å²) >= 11 is 1.50. The highest BCUT2D eigenvalue weighted by atomic mass is 32.1. The number of nitrogens with one attached hydrogen (secondary N) is 1. The van der Waals surface area contributed by atoms with E-state index in [9.17, 15) is 4.79 Å². The van der Waals surface area contributed by atoms with Crippen molar-refractivity contribution in [3.8, 4) is 22.6 Å². The van der Waals surface area contributed by atoms with Crippen LogP contribution in [0.15, 0.2) is 93.7 Å². The number of pyridine rings is 1. The van der Waals surface area contributed by atoms with Crippen molar-refractivity contribution in [2.24, 2.45) is 0 Å². The third kappa shape index (κ3) is 3.53. The molecule has 5 nitrogen and oxygen atoms in total. The minimum atomic E-state index is -0.0797. The monoisotopic (exact) mass is 397 g/mol. The zero-order valence-electron chi connectivity index (χ0n) is 15.2. The third-order valence-electron chi connectivity index (χ3n) is 4.50. The standard InChI is InChI=1S/C23H15N3O2S/c27-20-12-22(15-5-2-1-3-6-15)28-21-9-8-17(11-18(20)21)25-23-26-19(14-29-23)16-7-4-10-24-13-16/h1-14H,(H,25,26). The van der Waals surface area contributed by atoms with Gasteiger partial charge in [0.25, 0.3) is 0 Å². The zero-order chi connectivity index (χ0) is 19.6. The average Bonchev–Trinajstić information content (AvgIpc) is 3.24. The Morgan fingerprint density at radius 3 is 2.62 bits per heavy atom. The third-order valence-corrected chi connectivity index (χ3v) is 5.26. The van der Waals surface area contributed by atoms with Crippen LogP contribution in [0, 0.1) is 0 Å². The van der Waals surface area contributed by atoms with Crippen LogP contribution in [-0.2, 0) is 0 Å². The highest BCUT2D eigenvalue weighted by Crippen LogP contribution is 2.28. The normalized spacial score (nSPS) is 10.9. The Hall–Kier alpha value is -3.77. The van der Waals surface area contributed by atoms with E-state index in [2.05, 4.69) is 15.3 Å². The number of thiazole rings is 1. The molecule has 0 spiro atoms. The van der Waals surface area contributed by atoms with Crippen molar-refractivity contribution in [2.45, 2.75) is 0 Å². The van der Waals surface area contributed by atoms with Crippen molar-refractivity contribution in [1.29, 1.82) is 0 Å². The van der Waals surface area contributed by atoms with E-state index in [1.54, 1.807) is 24.5 Å². The number of hydrogen-bond donors (Lipinski definition) is 1. The first kappa shape index (κ1) is 17.3. The molecule has 140 valence electrons. The lowest BCUT2D eigenvalue weighted by Crippen LogP contribution is -2.01. The lowest BCUT2D eigenvalue weighted by molar-refractivity contribution is 0.619. The van der Waals surface area contributed by atoms with E-state index in [1.807, 2.05) is 53.9 Å². The van der Waals surface area contributed by atoms with Gasteiger partial charge >= 0.3 is 0 Å². The van der Waals surface area contributed by atoms with Crippen LogP contribution in [0.2, 0.25) is 0 Å². The molecular weight excluding hydrogens is 382 g/mol. The van der Waals surface area contributed by atoms with Gasteiger partial charge in [0.15, 0.2) is 10.6 Å². The highest BCUT2D eigenvalue weighted by molar-refractivity contribution is 7.14. The maximum absolute atomic E-state index is 12.7. The van der Waals surface area contributed by atoms with Crippen LogP contribution in [0.4, 0.5) is 10.8 Å². The first-order valence-electron chi connectivity index (χ1n) is 9.02. The molecule has 0 amide bonds. The van der Waals surface area contributed by atoms with Gasteiger partial charge in [-0.1, -0.05) is 30.3 Å². The summed E-state index contributed by atoms with van der Waals surface area (Å²) in [6.07, 6.45) is 3.52. The number of fused-ring (bicyclic) bond motifs is 1. The first-order chi connectivity index (χ1) is 14.3. The van der Waals surface area contributed by atoms with E-state index in [0.717, 1.165) is 27.6 Å². The highest BCUT2D eigenvalue weighted by Gasteiger charge is 2.09. The van der Waals surface area contributed by atoms with Gasteiger partial charge in [-0.15, -0.1) is 11.3 Å². The molecule has 0 unspecified atom stereocenters. The summed E-state index contributed by atoms with van der Waals surface area (Å²) in [5.74, 6) is 0.560. The quantitative estimate of drug-likeness (QED) is 0.420. The summed E-state index contributed by atoms with van der Waals surface area (Å²) in [4.78, 5) is 21.4. The van der Waals surface area contributed by atoms with E-state index in [1.165, 1.54) is 17.4 Å². The Balaban J connectivity index is 1.46. The lowest BCUT2D eigenvalue weighted by atomic mass is 10.1. The van der Waals surface area contributed by atoms with Crippen LogP contribution in [0.25, 0.3) is 33.6 Å². The van der Waals surface area contributed by atoms with Crippen molar-refractivity contribution in [3.05, 3.63) is 94.7 Å². The molecule has 0 saturated carbocycles. The van der Waals surface area contributed by atoms with E-state index < -0.39 is 0 Å². The second kappa shape index (κ2) is 7.33. The van der Waals surface area contributed by atoms with E-state index >= 15 is 0 Å². The summed E-state index contributed by atoms with van der Waals surface area (Å²) in [5.41, 5.74) is 3.95. The van der Waals surface area contributed by atoms with E-state index in [4.69, 9.17) is 4.42 Å². The van der Waals surface area contributed by atoms with Crippen LogP contribution < -0.4 is 10.7 Å². The van der Waals surface area contributed by atoms with E-state index in [-0.39, 0.29) is 5.43 Å². The Kier molecular flexibility index (Phi) is 4.38. The van der Waals surface area contributed by atoms with Crippen molar-refractivity contribution in [2.75, 3.05) is 5.32 Å². The van der Waals surface area contributed by atoms with Gasteiger partial charge in [-0.25, -0.2) is 4.98 Å². The Labute approximate surface area is 170 Å². The van der Waals surface area contributed by atoms with Crippen LogP contribution >= 0.6 is 11.3 Å². The molecule has 3 heterocycles. The zero-order valence-corrected chi connectivity index (χ0v) is 16.0. The predicted molar refractivity (Wildman–Crippen MR) is 117 cm³/mol. The maximum Gasteiger partial charge on any atom is 0.193 e. The minimum absolute atomic E-state index is 0.0797. The van der Waals surface area contributed by atoms with Crippen molar-refractivity contribution < 1.29 is 4.42 Å². The fourth-order valence-electron chi connectivity index (χ4n) is 3.08. The summed E-state index contributed by atoms with van der Waals surface area (Å²) in [5, 5.41) is 6.51. The van der Waals surface area contributed by atoms with Crippen LogP contribution in [0.1, 0.15) is 0 Å². The number of anilines is 2. The second-order valence-corrected chi connectivity index (χ2v) is 7.31. The number of hydrogen-bond acceptors (Lipinski definition) is 6. The van der Waals surface area contributed by atoms with Gasteiger partial charge in [0.2, 0.25) is 0 Å². The summed E-state index contributed by atoms with van der Waals surface area (Å²) < 4.78 is 5.95. The topological polar surface area (TPSA) is 68.0 Å². The molecule has 0 saturated heterocycles. The lowest BCUT2D eigenvalue weighted by Gasteiger charge is -2.06. The smallest absolute Gasteiger partial charge is 0.193 e. The molecule has 29 heavy (non-hydrogen) atoms. The Morgan fingerprint density at radius 2 is 1.79 bits per heavy atom. The van der Waals surface area contributed by atoms with Gasteiger partial charge in [0, 0.05) is 40.7 Å². The van der Waals surface area contributed by atoms with Crippen LogP contribution in [0.3, 0.4) is 0 Å². The molecule has 0 fully saturated rings. The van der Waals surface area contributed by atoms with Gasteiger partial charge < -0.3 is 9.73 Å². The predicted octanol–water partition coefficient (Wildman–Crippen LogP) is 5.72. The fraction of sp³-hybridized carbons (Fsp3) is 0. The van der Waals surface area contributed by atoms with Crippen molar-refractivity contribution >= 4 is 33.1 Å². The first-order valence-corrected chi connectivity index (χ1v) is 9.90. The summed E-state index contributed by atoms with van der Waals surface area (Å²) in [6, 6.07) is 20.5. The number of nitrogens with zero attached hydrogens (tertiary/aromatic N) is 2. The molecule has 6 heteroatoms. The van der Waals surface area contributed by atoms with Crippen LogP contribution in [0.5, 0.6) is 0 Å². The second-order valence-electron chi connectivity index (χ2n) is 6.46. The maximum atomic E-state index is 12.7. The molecule has 0 aliphatic heterocycles. The SMILES string of the molecule is O=c1cc(-c2ccccc2)oc2ccc(Nc3nc(-c4cccnc4)cs3)cc12. The van der Waals surface area contributed by atoms with Crippen LogP contribution in [-0.4, -0.2) is 9.97 Å². The molecule has 3 aromatic heterocycles. The number of rotatable bonds is 4. The molecule has 5 aromatic rings. The largest absolute Gasteiger partial charge is 0.456 e. The summed E-state index contributed by atoms with van der Waals surface area (Å²) in [7, 11) is 0. The van der Waals surface area contributed by atoms with Gasteiger partial charge in [-0.05, 0) is 30.3 Å². The molecule has 0 bridgehead atoms. The number of benzene rings is 2. The molecule has 1 N–H and O–H groups in total. The summed E-state index contributed by atoms with van der Waals surface area (Å²) in [6.45, 7) is 0. The Bertz CT molecular complexity index is 1350. The van der Waals surface area contributed by atoms with Gasteiger partial charge in [0.05, 0.1) is 11.1 Å². The average molecular weight is 397 g/mol. The Morgan fingerprint density at radius 1 is 0.931 bits per heavy atom.